The Balaban J connectivity index is 1.37. The zero-order valence-corrected chi connectivity index (χ0v) is 12.9. The Labute approximate surface area is 126 Å². The standard InChI is InChI=1S/C16H26N4O/c1-12-8-14(10-19(12)15-2-3-15)18-16-4-6-17-20(16)9-13-5-7-21-11-13/h4,6,12-15,18H,2-3,5,7-11H2,1H3/t12-,13-,14-/m1/s1. The first-order valence-electron chi connectivity index (χ1n) is 8.41. The van der Waals surface area contributed by atoms with Crippen molar-refractivity contribution in [3.63, 3.8) is 0 Å². The van der Waals surface area contributed by atoms with E-state index in [4.69, 9.17) is 4.74 Å². The minimum Gasteiger partial charge on any atom is -0.381 e. The molecule has 2 saturated heterocycles. The SMILES string of the molecule is C[C@@H]1C[C@@H](Nc2ccnn2C[C@H]2CCOC2)CN1C1CC1. The highest BCUT2D eigenvalue weighted by Gasteiger charge is 2.38. The second-order valence-electron chi connectivity index (χ2n) is 6.98. The summed E-state index contributed by atoms with van der Waals surface area (Å²) < 4.78 is 7.60. The molecule has 3 fully saturated rings. The quantitative estimate of drug-likeness (QED) is 0.900. The summed E-state index contributed by atoms with van der Waals surface area (Å²) in [6.45, 7) is 6.32. The molecular formula is C16H26N4O. The van der Waals surface area contributed by atoms with Crippen molar-refractivity contribution in [2.45, 2.75) is 57.3 Å². The van der Waals surface area contributed by atoms with Gasteiger partial charge in [0, 0.05) is 49.8 Å². The second-order valence-corrected chi connectivity index (χ2v) is 6.98. The van der Waals surface area contributed by atoms with Crippen molar-refractivity contribution >= 4 is 5.82 Å². The molecule has 5 heteroatoms. The molecule has 4 rings (SSSR count). The van der Waals surface area contributed by atoms with E-state index in [9.17, 15) is 0 Å². The van der Waals surface area contributed by atoms with Gasteiger partial charge < -0.3 is 10.1 Å². The first-order chi connectivity index (χ1) is 10.3. The van der Waals surface area contributed by atoms with E-state index in [1.165, 1.54) is 31.6 Å². The lowest BCUT2D eigenvalue weighted by Crippen LogP contribution is -2.31. The van der Waals surface area contributed by atoms with Gasteiger partial charge in [0.2, 0.25) is 0 Å². The molecule has 1 N–H and O–H groups in total. The maximum atomic E-state index is 5.47. The molecule has 1 aromatic rings. The van der Waals surface area contributed by atoms with Crippen molar-refractivity contribution in [2.75, 3.05) is 25.1 Å². The number of hydrogen-bond acceptors (Lipinski definition) is 4. The van der Waals surface area contributed by atoms with Crippen LogP contribution in [-0.2, 0) is 11.3 Å². The monoisotopic (exact) mass is 290 g/mol. The molecule has 0 aromatic carbocycles. The van der Waals surface area contributed by atoms with Crippen LogP contribution < -0.4 is 5.32 Å². The van der Waals surface area contributed by atoms with Gasteiger partial charge in [0.1, 0.15) is 5.82 Å². The molecule has 5 nitrogen and oxygen atoms in total. The highest BCUT2D eigenvalue weighted by molar-refractivity contribution is 5.36. The molecule has 1 aliphatic carbocycles. The molecule has 2 aliphatic heterocycles. The first-order valence-corrected chi connectivity index (χ1v) is 8.41. The summed E-state index contributed by atoms with van der Waals surface area (Å²) in [5.74, 6) is 1.80. The molecule has 1 aromatic heterocycles. The van der Waals surface area contributed by atoms with Gasteiger partial charge in [-0.05, 0) is 32.6 Å². The Kier molecular flexibility index (Phi) is 3.63. The van der Waals surface area contributed by atoms with E-state index < -0.39 is 0 Å². The number of anilines is 1. The van der Waals surface area contributed by atoms with Crippen LogP contribution in [0.25, 0.3) is 0 Å². The molecule has 0 unspecified atom stereocenters. The lowest BCUT2D eigenvalue weighted by molar-refractivity contribution is 0.181. The topological polar surface area (TPSA) is 42.3 Å². The number of hydrogen-bond donors (Lipinski definition) is 1. The first kappa shape index (κ1) is 13.6. The van der Waals surface area contributed by atoms with Crippen molar-refractivity contribution < 1.29 is 4.74 Å². The number of aromatic nitrogens is 2. The zero-order chi connectivity index (χ0) is 14.2. The summed E-state index contributed by atoms with van der Waals surface area (Å²) in [4.78, 5) is 2.68. The summed E-state index contributed by atoms with van der Waals surface area (Å²) in [6, 6.07) is 4.26. The van der Waals surface area contributed by atoms with Crippen molar-refractivity contribution in [3.8, 4) is 0 Å². The Bertz CT molecular complexity index is 478. The summed E-state index contributed by atoms with van der Waals surface area (Å²) in [5.41, 5.74) is 0. The van der Waals surface area contributed by atoms with Gasteiger partial charge in [0.05, 0.1) is 12.8 Å². The smallest absolute Gasteiger partial charge is 0.124 e. The second kappa shape index (κ2) is 5.61. The molecule has 1 saturated carbocycles. The average Bonchev–Trinajstić information content (AvgIpc) is 2.86. The summed E-state index contributed by atoms with van der Waals surface area (Å²) in [6.07, 6.45) is 7.12. The predicted molar refractivity (Wildman–Crippen MR) is 82.4 cm³/mol. The van der Waals surface area contributed by atoms with Crippen molar-refractivity contribution in [1.29, 1.82) is 0 Å². The Hall–Kier alpha value is -1.07. The van der Waals surface area contributed by atoms with Crippen LogP contribution in [0.4, 0.5) is 5.82 Å². The fraction of sp³-hybridized carbons (Fsp3) is 0.812. The van der Waals surface area contributed by atoms with Crippen molar-refractivity contribution in [2.24, 2.45) is 5.92 Å². The van der Waals surface area contributed by atoms with Crippen molar-refractivity contribution in [1.82, 2.24) is 14.7 Å². The third-order valence-corrected chi connectivity index (χ3v) is 5.16. The third-order valence-electron chi connectivity index (χ3n) is 5.16. The van der Waals surface area contributed by atoms with Crippen LogP contribution in [-0.4, -0.2) is 52.6 Å². The molecule has 3 aliphatic rings. The van der Waals surface area contributed by atoms with E-state index >= 15 is 0 Å². The molecule has 3 atom stereocenters. The lowest BCUT2D eigenvalue weighted by Gasteiger charge is -2.20. The third kappa shape index (κ3) is 2.94. The van der Waals surface area contributed by atoms with Gasteiger partial charge in [-0.1, -0.05) is 0 Å². The van der Waals surface area contributed by atoms with Gasteiger partial charge in [0.25, 0.3) is 0 Å². The van der Waals surface area contributed by atoms with Crippen LogP contribution in [0.5, 0.6) is 0 Å². The van der Waals surface area contributed by atoms with E-state index in [0.29, 0.717) is 12.0 Å². The fourth-order valence-corrected chi connectivity index (χ4v) is 3.86. The number of nitrogens with one attached hydrogen (secondary N) is 1. The molecular weight excluding hydrogens is 264 g/mol. The minimum absolute atomic E-state index is 0.566. The summed E-state index contributed by atoms with van der Waals surface area (Å²) in [5, 5.41) is 8.22. The zero-order valence-electron chi connectivity index (χ0n) is 12.9. The number of rotatable bonds is 5. The van der Waals surface area contributed by atoms with E-state index in [2.05, 4.69) is 33.0 Å². The summed E-state index contributed by atoms with van der Waals surface area (Å²) in [7, 11) is 0. The van der Waals surface area contributed by atoms with Gasteiger partial charge in [0.15, 0.2) is 0 Å². The molecule has 21 heavy (non-hydrogen) atoms. The van der Waals surface area contributed by atoms with Gasteiger partial charge in [-0.2, -0.15) is 5.10 Å². The van der Waals surface area contributed by atoms with Crippen LogP contribution in [0, 0.1) is 5.92 Å². The van der Waals surface area contributed by atoms with Gasteiger partial charge in [-0.25, -0.2) is 4.68 Å². The van der Waals surface area contributed by atoms with Crippen LogP contribution in [0.15, 0.2) is 12.3 Å². The molecule has 3 heterocycles. The minimum atomic E-state index is 0.566. The summed E-state index contributed by atoms with van der Waals surface area (Å²) >= 11 is 0. The van der Waals surface area contributed by atoms with Crippen LogP contribution >= 0.6 is 0 Å². The maximum absolute atomic E-state index is 5.47. The highest BCUT2D eigenvalue weighted by atomic mass is 16.5. The van der Waals surface area contributed by atoms with Crippen LogP contribution in [0.2, 0.25) is 0 Å². The molecule has 0 radical (unpaired) electrons. The highest BCUT2D eigenvalue weighted by Crippen LogP contribution is 2.34. The Morgan fingerprint density at radius 3 is 3.05 bits per heavy atom. The molecule has 0 bridgehead atoms. The van der Waals surface area contributed by atoms with Gasteiger partial charge in [-0.15, -0.1) is 0 Å². The maximum Gasteiger partial charge on any atom is 0.124 e. The Morgan fingerprint density at radius 1 is 1.38 bits per heavy atom. The van der Waals surface area contributed by atoms with Crippen molar-refractivity contribution in [3.05, 3.63) is 12.3 Å². The van der Waals surface area contributed by atoms with Gasteiger partial charge in [-0.3, -0.25) is 4.90 Å². The van der Waals surface area contributed by atoms with E-state index in [0.717, 1.165) is 38.3 Å². The largest absolute Gasteiger partial charge is 0.381 e. The normalized spacial score (nSPS) is 33.7. The molecule has 0 amide bonds. The predicted octanol–water partition coefficient (Wildman–Crippen LogP) is 1.96. The van der Waals surface area contributed by atoms with Gasteiger partial charge >= 0.3 is 0 Å². The van der Waals surface area contributed by atoms with E-state index in [-0.39, 0.29) is 0 Å². The van der Waals surface area contributed by atoms with E-state index in [1.54, 1.807) is 0 Å². The fourth-order valence-electron chi connectivity index (χ4n) is 3.86. The van der Waals surface area contributed by atoms with Crippen LogP contribution in [0.3, 0.4) is 0 Å². The lowest BCUT2D eigenvalue weighted by atomic mass is 10.1. The molecule has 116 valence electrons. The van der Waals surface area contributed by atoms with E-state index in [1.807, 2.05) is 6.20 Å². The molecule has 0 spiro atoms. The average molecular weight is 290 g/mol. The Morgan fingerprint density at radius 2 is 2.29 bits per heavy atom. The number of likely N-dealkylation sites (tertiary alicyclic amines) is 1. The van der Waals surface area contributed by atoms with Crippen LogP contribution in [0.1, 0.15) is 32.6 Å². The number of ether oxygens (including phenoxy) is 1. The number of nitrogens with zero attached hydrogens (tertiary/aromatic N) is 3.